The third-order valence-corrected chi connectivity index (χ3v) is 5.39. The molecule has 1 aliphatic heterocycles. The van der Waals surface area contributed by atoms with Crippen LogP contribution in [0.25, 0.3) is 0 Å². The van der Waals surface area contributed by atoms with Crippen molar-refractivity contribution in [2.45, 2.75) is 24.6 Å². The molecular weight excluding hydrogens is 309 g/mol. The van der Waals surface area contributed by atoms with Crippen LogP contribution in [0.2, 0.25) is 5.02 Å². The van der Waals surface area contributed by atoms with Gasteiger partial charge in [-0.3, -0.25) is 4.79 Å². The Morgan fingerprint density at radius 1 is 1.50 bits per heavy atom. The number of sulfonamides is 1. The van der Waals surface area contributed by atoms with Gasteiger partial charge in [0.05, 0.1) is 5.75 Å². The molecule has 1 N–H and O–H groups in total. The van der Waals surface area contributed by atoms with Gasteiger partial charge < -0.3 is 5.11 Å². The third kappa shape index (κ3) is 2.94. The van der Waals surface area contributed by atoms with Crippen LogP contribution in [0.1, 0.15) is 18.4 Å². The lowest BCUT2D eigenvalue weighted by Crippen LogP contribution is -2.41. The van der Waals surface area contributed by atoms with Gasteiger partial charge in [-0.05, 0) is 25.0 Å². The van der Waals surface area contributed by atoms with E-state index >= 15 is 0 Å². The average Bonchev–Trinajstić information content (AvgIpc) is 2.84. The second-order valence-electron chi connectivity index (χ2n) is 4.56. The van der Waals surface area contributed by atoms with E-state index in [2.05, 4.69) is 0 Å². The van der Waals surface area contributed by atoms with Gasteiger partial charge in [-0.1, -0.05) is 17.7 Å². The van der Waals surface area contributed by atoms with Gasteiger partial charge in [-0.25, -0.2) is 12.8 Å². The van der Waals surface area contributed by atoms with Gasteiger partial charge in [-0.2, -0.15) is 4.31 Å². The molecule has 1 saturated heterocycles. The molecule has 1 aromatic rings. The van der Waals surface area contributed by atoms with Crippen LogP contribution >= 0.6 is 11.6 Å². The van der Waals surface area contributed by atoms with E-state index < -0.39 is 33.6 Å². The lowest BCUT2D eigenvalue weighted by molar-refractivity contribution is -0.140. The molecule has 1 aromatic carbocycles. The van der Waals surface area contributed by atoms with E-state index in [-0.39, 0.29) is 23.6 Å². The van der Waals surface area contributed by atoms with E-state index in [1.807, 2.05) is 0 Å². The highest BCUT2D eigenvalue weighted by atomic mass is 35.5. The first-order valence-electron chi connectivity index (χ1n) is 5.98. The number of carbonyl (C=O) groups is 1. The monoisotopic (exact) mass is 321 g/mol. The van der Waals surface area contributed by atoms with Gasteiger partial charge in [0.15, 0.2) is 0 Å². The van der Waals surface area contributed by atoms with Crippen LogP contribution in [0.4, 0.5) is 4.39 Å². The smallest absolute Gasteiger partial charge is 0.322 e. The van der Waals surface area contributed by atoms with Crippen molar-refractivity contribution in [2.24, 2.45) is 0 Å². The van der Waals surface area contributed by atoms with Crippen LogP contribution in [0.3, 0.4) is 0 Å². The molecule has 20 heavy (non-hydrogen) atoms. The van der Waals surface area contributed by atoms with Crippen LogP contribution in [0.15, 0.2) is 18.2 Å². The molecule has 1 fully saturated rings. The SMILES string of the molecule is O=C(O)C1CCCN1S(=O)(=O)Cc1c(F)cccc1Cl. The fourth-order valence-electron chi connectivity index (χ4n) is 2.26. The number of aliphatic carboxylic acids is 1. The maximum Gasteiger partial charge on any atom is 0.322 e. The number of halogens is 2. The summed E-state index contributed by atoms with van der Waals surface area (Å²) in [6.07, 6.45) is 0.737. The summed E-state index contributed by atoms with van der Waals surface area (Å²) < 4.78 is 39.1. The molecular formula is C12H13ClFNO4S. The van der Waals surface area contributed by atoms with Gasteiger partial charge in [0, 0.05) is 17.1 Å². The van der Waals surface area contributed by atoms with E-state index in [0.717, 1.165) is 10.4 Å². The Kier molecular flexibility index (Phi) is 4.31. The molecule has 0 bridgehead atoms. The molecule has 0 radical (unpaired) electrons. The quantitative estimate of drug-likeness (QED) is 0.918. The Balaban J connectivity index is 2.30. The summed E-state index contributed by atoms with van der Waals surface area (Å²) in [7, 11) is -3.92. The average molecular weight is 322 g/mol. The van der Waals surface area contributed by atoms with Crippen molar-refractivity contribution in [1.82, 2.24) is 4.31 Å². The molecule has 1 atom stereocenters. The summed E-state index contributed by atoms with van der Waals surface area (Å²) in [4.78, 5) is 11.0. The Morgan fingerprint density at radius 3 is 2.80 bits per heavy atom. The first kappa shape index (κ1) is 15.2. The Hall–Kier alpha value is -1.18. The van der Waals surface area contributed by atoms with Gasteiger partial charge >= 0.3 is 5.97 Å². The normalized spacial score (nSPS) is 20.2. The van der Waals surface area contributed by atoms with E-state index in [4.69, 9.17) is 16.7 Å². The highest BCUT2D eigenvalue weighted by Gasteiger charge is 2.39. The van der Waals surface area contributed by atoms with E-state index in [9.17, 15) is 17.6 Å². The van der Waals surface area contributed by atoms with Crippen LogP contribution in [0.5, 0.6) is 0 Å². The number of benzene rings is 1. The molecule has 1 aliphatic rings. The first-order valence-corrected chi connectivity index (χ1v) is 7.97. The minimum absolute atomic E-state index is 0.0136. The first-order chi connectivity index (χ1) is 9.33. The predicted molar refractivity (Wildman–Crippen MR) is 71.4 cm³/mol. The number of hydrogen-bond donors (Lipinski definition) is 1. The molecule has 110 valence electrons. The predicted octanol–water partition coefficient (Wildman–Crippen LogP) is 1.86. The standard InChI is InChI=1S/C12H13ClFNO4S/c13-9-3-1-4-10(14)8(9)7-20(18,19)15-6-2-5-11(15)12(16)17/h1,3-4,11H,2,5-7H2,(H,16,17). The topological polar surface area (TPSA) is 74.7 Å². The number of rotatable bonds is 4. The maximum absolute atomic E-state index is 13.6. The number of carboxylic acid groups (broad SMARTS) is 1. The Morgan fingerprint density at radius 2 is 2.20 bits per heavy atom. The summed E-state index contributed by atoms with van der Waals surface area (Å²) in [6.45, 7) is 0.130. The summed E-state index contributed by atoms with van der Waals surface area (Å²) in [5.41, 5.74) is -0.134. The molecule has 2 rings (SSSR count). The number of hydrogen-bond acceptors (Lipinski definition) is 3. The van der Waals surface area contributed by atoms with Gasteiger partial charge in [-0.15, -0.1) is 0 Å². The summed E-state index contributed by atoms with van der Waals surface area (Å²) >= 11 is 5.80. The van der Waals surface area contributed by atoms with Crippen molar-refractivity contribution in [1.29, 1.82) is 0 Å². The van der Waals surface area contributed by atoms with Crippen molar-refractivity contribution in [2.75, 3.05) is 6.54 Å². The molecule has 0 aromatic heterocycles. The van der Waals surface area contributed by atoms with Crippen molar-refractivity contribution < 1.29 is 22.7 Å². The zero-order valence-electron chi connectivity index (χ0n) is 10.4. The molecule has 0 aliphatic carbocycles. The van der Waals surface area contributed by atoms with Gasteiger partial charge in [0.2, 0.25) is 10.0 Å². The van der Waals surface area contributed by atoms with Crippen LogP contribution in [-0.2, 0) is 20.6 Å². The maximum atomic E-state index is 13.6. The minimum Gasteiger partial charge on any atom is -0.480 e. The lowest BCUT2D eigenvalue weighted by Gasteiger charge is -2.21. The van der Waals surface area contributed by atoms with Gasteiger partial charge in [0.1, 0.15) is 11.9 Å². The van der Waals surface area contributed by atoms with Crippen molar-refractivity contribution >= 4 is 27.6 Å². The van der Waals surface area contributed by atoms with Crippen molar-refractivity contribution in [3.05, 3.63) is 34.6 Å². The molecule has 0 saturated carbocycles. The van der Waals surface area contributed by atoms with E-state index in [1.165, 1.54) is 12.1 Å². The summed E-state index contributed by atoms with van der Waals surface area (Å²) in [5, 5.41) is 9.03. The summed E-state index contributed by atoms with van der Waals surface area (Å²) in [5.74, 6) is -2.54. The lowest BCUT2D eigenvalue weighted by atomic mass is 10.2. The molecule has 1 unspecified atom stereocenters. The molecule has 0 spiro atoms. The van der Waals surface area contributed by atoms with Crippen LogP contribution in [0, 0.1) is 5.82 Å². The Bertz CT molecular complexity index is 614. The molecule has 1 heterocycles. The highest BCUT2D eigenvalue weighted by molar-refractivity contribution is 7.88. The zero-order chi connectivity index (χ0) is 14.9. The minimum atomic E-state index is -3.92. The summed E-state index contributed by atoms with van der Waals surface area (Å²) in [6, 6.07) is 2.82. The second kappa shape index (κ2) is 5.67. The van der Waals surface area contributed by atoms with Crippen molar-refractivity contribution in [3.63, 3.8) is 0 Å². The number of nitrogens with zero attached hydrogens (tertiary/aromatic N) is 1. The van der Waals surface area contributed by atoms with E-state index in [1.54, 1.807) is 0 Å². The highest BCUT2D eigenvalue weighted by Crippen LogP contribution is 2.27. The number of carboxylic acids is 1. The van der Waals surface area contributed by atoms with E-state index in [0.29, 0.717) is 6.42 Å². The fourth-order valence-corrected chi connectivity index (χ4v) is 4.38. The van der Waals surface area contributed by atoms with Crippen LogP contribution < -0.4 is 0 Å². The zero-order valence-corrected chi connectivity index (χ0v) is 12.0. The molecule has 5 nitrogen and oxygen atoms in total. The largest absolute Gasteiger partial charge is 0.480 e. The fraction of sp³-hybridized carbons (Fsp3) is 0.417. The Labute approximate surface area is 121 Å². The van der Waals surface area contributed by atoms with Gasteiger partial charge in [0.25, 0.3) is 0 Å². The van der Waals surface area contributed by atoms with Crippen molar-refractivity contribution in [3.8, 4) is 0 Å². The second-order valence-corrected chi connectivity index (χ2v) is 6.89. The molecule has 0 amide bonds. The third-order valence-electron chi connectivity index (χ3n) is 3.23. The molecule has 8 heteroatoms. The van der Waals surface area contributed by atoms with Crippen LogP contribution in [-0.4, -0.2) is 36.4 Å².